The molecule has 1 aliphatic heterocycles. The Kier molecular flexibility index (Phi) is 3.07. The Bertz CT molecular complexity index is 213. The van der Waals surface area contributed by atoms with Gasteiger partial charge < -0.3 is 21.1 Å². The minimum Gasteiger partial charge on any atom is -0.480 e. The Balaban J connectivity index is 2.02. The van der Waals surface area contributed by atoms with Crippen molar-refractivity contribution in [2.45, 2.75) is 0 Å². The number of hydrogen-bond donors (Lipinski definition) is 3. The van der Waals surface area contributed by atoms with Crippen molar-refractivity contribution in [2.24, 2.45) is 11.7 Å². The van der Waals surface area contributed by atoms with Crippen LogP contribution in [0, 0.1) is 5.92 Å². The summed E-state index contributed by atoms with van der Waals surface area (Å²) in [5.74, 6) is -0.530. The zero-order valence-electron chi connectivity index (χ0n) is 7.19. The maximum absolute atomic E-state index is 10.5. The van der Waals surface area contributed by atoms with E-state index < -0.39 is 12.0 Å². The Morgan fingerprint density at radius 1 is 1.54 bits per heavy atom. The summed E-state index contributed by atoms with van der Waals surface area (Å²) in [6, 6.07) is -0.408. The number of carboxylic acids is 1. The fourth-order valence-electron chi connectivity index (χ4n) is 1.26. The van der Waals surface area contributed by atoms with E-state index in [4.69, 9.17) is 10.8 Å². The number of carbonyl (C=O) groups is 2. The average Bonchev–Trinajstić information content (AvgIpc) is 1.92. The molecular formula is C7H13N3O3. The lowest BCUT2D eigenvalue weighted by Crippen LogP contribution is -2.55. The molecule has 0 bridgehead atoms. The lowest BCUT2D eigenvalue weighted by Gasteiger charge is -2.37. The summed E-state index contributed by atoms with van der Waals surface area (Å²) < 4.78 is 0. The first kappa shape index (κ1) is 9.79. The number of hydrogen-bond acceptors (Lipinski definition) is 3. The van der Waals surface area contributed by atoms with E-state index in [1.807, 2.05) is 0 Å². The van der Waals surface area contributed by atoms with Crippen LogP contribution in [0.5, 0.6) is 0 Å². The predicted octanol–water partition coefficient (Wildman–Crippen LogP) is -1.33. The molecule has 1 fully saturated rings. The second-order valence-electron chi connectivity index (χ2n) is 3.13. The Hall–Kier alpha value is -1.30. The maximum Gasteiger partial charge on any atom is 0.317 e. The van der Waals surface area contributed by atoms with Crippen LogP contribution in [-0.2, 0) is 4.79 Å². The summed E-state index contributed by atoms with van der Waals surface area (Å²) in [5, 5.41) is 11.1. The van der Waals surface area contributed by atoms with Crippen molar-refractivity contribution in [1.29, 1.82) is 0 Å². The number of nitrogens with two attached hydrogens (primary N) is 1. The Morgan fingerprint density at radius 2 is 2.15 bits per heavy atom. The summed E-state index contributed by atoms with van der Waals surface area (Å²) in [5.41, 5.74) is 5.01. The number of urea groups is 1. The number of nitrogens with zero attached hydrogens (tertiary/aromatic N) is 1. The van der Waals surface area contributed by atoms with Gasteiger partial charge >= 0.3 is 12.0 Å². The minimum absolute atomic E-state index is 0.0347. The Labute approximate surface area is 75.7 Å². The first-order chi connectivity index (χ1) is 6.09. The zero-order chi connectivity index (χ0) is 9.84. The molecule has 13 heavy (non-hydrogen) atoms. The zero-order valence-corrected chi connectivity index (χ0v) is 7.19. The Morgan fingerprint density at radius 3 is 2.62 bits per heavy atom. The number of rotatable bonds is 4. The minimum atomic E-state index is -0.869. The largest absolute Gasteiger partial charge is 0.480 e. The second kappa shape index (κ2) is 4.08. The van der Waals surface area contributed by atoms with Gasteiger partial charge in [0.2, 0.25) is 0 Å². The lowest BCUT2D eigenvalue weighted by atomic mass is 10.0. The van der Waals surface area contributed by atoms with E-state index in [2.05, 4.69) is 5.32 Å². The van der Waals surface area contributed by atoms with Gasteiger partial charge in [-0.25, -0.2) is 4.79 Å². The summed E-state index contributed by atoms with van der Waals surface area (Å²) in [7, 11) is 0. The molecule has 6 heteroatoms. The fourth-order valence-corrected chi connectivity index (χ4v) is 1.26. The second-order valence-corrected chi connectivity index (χ2v) is 3.13. The number of carboxylic acid groups (broad SMARTS) is 1. The molecule has 0 aromatic carbocycles. The van der Waals surface area contributed by atoms with E-state index >= 15 is 0 Å². The van der Waals surface area contributed by atoms with E-state index in [0.717, 1.165) is 0 Å². The van der Waals surface area contributed by atoms with Crippen LogP contribution in [0.3, 0.4) is 0 Å². The van der Waals surface area contributed by atoms with Gasteiger partial charge in [0.25, 0.3) is 0 Å². The molecule has 1 heterocycles. The molecule has 0 aromatic heterocycles. The smallest absolute Gasteiger partial charge is 0.317 e. The number of carbonyl (C=O) groups excluding carboxylic acids is 1. The predicted molar refractivity (Wildman–Crippen MR) is 45.2 cm³/mol. The number of likely N-dealkylation sites (tertiary alicyclic amines) is 1. The van der Waals surface area contributed by atoms with Gasteiger partial charge in [0.1, 0.15) is 0 Å². The van der Waals surface area contributed by atoms with Crippen molar-refractivity contribution in [3.63, 3.8) is 0 Å². The van der Waals surface area contributed by atoms with Crippen molar-refractivity contribution < 1.29 is 14.7 Å². The van der Waals surface area contributed by atoms with Crippen LogP contribution in [0.25, 0.3) is 0 Å². The molecule has 0 atom stereocenters. The molecule has 0 spiro atoms. The highest BCUT2D eigenvalue weighted by atomic mass is 16.4. The summed E-state index contributed by atoms with van der Waals surface area (Å²) >= 11 is 0. The summed E-state index contributed by atoms with van der Waals surface area (Å²) in [6.45, 7) is 1.84. The van der Waals surface area contributed by atoms with Crippen LogP contribution in [0.15, 0.2) is 0 Å². The van der Waals surface area contributed by atoms with E-state index in [1.165, 1.54) is 4.90 Å². The van der Waals surface area contributed by atoms with Crippen LogP contribution in [-0.4, -0.2) is 48.2 Å². The normalized spacial score (nSPS) is 16.8. The molecular weight excluding hydrogens is 174 g/mol. The third kappa shape index (κ3) is 2.90. The molecule has 0 saturated carbocycles. The van der Waals surface area contributed by atoms with Crippen LogP contribution >= 0.6 is 0 Å². The molecule has 6 nitrogen and oxygen atoms in total. The standard InChI is InChI=1S/C7H13N3O3/c8-7(13)10-3-5(4-10)1-9-2-6(11)12/h5,9H,1-4H2,(H2,8,13)(H,11,12). The number of amides is 2. The van der Waals surface area contributed by atoms with Crippen LogP contribution < -0.4 is 11.1 Å². The van der Waals surface area contributed by atoms with Gasteiger partial charge in [0.15, 0.2) is 0 Å². The van der Waals surface area contributed by atoms with Crippen molar-refractivity contribution in [2.75, 3.05) is 26.2 Å². The summed E-state index contributed by atoms with van der Waals surface area (Å²) in [6.07, 6.45) is 0. The molecule has 0 unspecified atom stereocenters. The third-order valence-corrected chi connectivity index (χ3v) is 1.98. The molecule has 0 aromatic rings. The van der Waals surface area contributed by atoms with Gasteiger partial charge in [0, 0.05) is 25.6 Å². The first-order valence-corrected chi connectivity index (χ1v) is 4.06. The van der Waals surface area contributed by atoms with Crippen molar-refractivity contribution in [3.8, 4) is 0 Å². The van der Waals surface area contributed by atoms with Gasteiger partial charge in [0.05, 0.1) is 6.54 Å². The van der Waals surface area contributed by atoms with Crippen LogP contribution in [0.4, 0.5) is 4.79 Å². The SMILES string of the molecule is NC(=O)N1CC(CNCC(=O)O)C1. The highest BCUT2D eigenvalue weighted by Gasteiger charge is 2.28. The quantitative estimate of drug-likeness (QED) is 0.508. The number of nitrogens with one attached hydrogen (secondary N) is 1. The highest BCUT2D eigenvalue weighted by Crippen LogP contribution is 2.13. The number of primary amides is 1. The average molecular weight is 187 g/mol. The molecule has 1 rings (SSSR count). The highest BCUT2D eigenvalue weighted by molar-refractivity contribution is 5.72. The summed E-state index contributed by atoms with van der Waals surface area (Å²) in [4.78, 5) is 22.2. The molecule has 1 saturated heterocycles. The van der Waals surface area contributed by atoms with Gasteiger partial charge in [-0.2, -0.15) is 0 Å². The lowest BCUT2D eigenvalue weighted by molar-refractivity contribution is -0.136. The van der Waals surface area contributed by atoms with Gasteiger partial charge in [-0.05, 0) is 0 Å². The molecule has 0 aliphatic carbocycles. The van der Waals surface area contributed by atoms with E-state index in [9.17, 15) is 9.59 Å². The monoisotopic (exact) mass is 187 g/mol. The molecule has 0 radical (unpaired) electrons. The van der Waals surface area contributed by atoms with Crippen LogP contribution in [0.1, 0.15) is 0 Å². The third-order valence-electron chi connectivity index (χ3n) is 1.98. The van der Waals surface area contributed by atoms with Gasteiger partial charge in [-0.1, -0.05) is 0 Å². The maximum atomic E-state index is 10.5. The van der Waals surface area contributed by atoms with Gasteiger partial charge in [-0.15, -0.1) is 0 Å². The van der Waals surface area contributed by atoms with E-state index in [0.29, 0.717) is 25.6 Å². The molecule has 4 N–H and O–H groups in total. The van der Waals surface area contributed by atoms with Crippen molar-refractivity contribution in [1.82, 2.24) is 10.2 Å². The van der Waals surface area contributed by atoms with Gasteiger partial charge in [-0.3, -0.25) is 4.79 Å². The molecule has 2 amide bonds. The molecule has 1 aliphatic rings. The topological polar surface area (TPSA) is 95.7 Å². The van der Waals surface area contributed by atoms with E-state index in [1.54, 1.807) is 0 Å². The fraction of sp³-hybridized carbons (Fsp3) is 0.714. The first-order valence-electron chi connectivity index (χ1n) is 4.06. The van der Waals surface area contributed by atoms with E-state index in [-0.39, 0.29) is 6.54 Å². The number of aliphatic carboxylic acids is 1. The van der Waals surface area contributed by atoms with Crippen LogP contribution in [0.2, 0.25) is 0 Å². The van der Waals surface area contributed by atoms with Crippen molar-refractivity contribution in [3.05, 3.63) is 0 Å². The van der Waals surface area contributed by atoms with Crippen molar-refractivity contribution >= 4 is 12.0 Å². The molecule has 74 valence electrons.